The predicted molar refractivity (Wildman–Crippen MR) is 107 cm³/mol. The Balaban J connectivity index is 1.86. The number of ether oxygens (including phenoxy) is 1. The number of anilines is 2. The number of nitrogens with zero attached hydrogens (tertiary/aromatic N) is 1. The molecule has 138 valence electrons. The van der Waals surface area contributed by atoms with E-state index in [1.165, 1.54) is 0 Å². The molecule has 1 aliphatic heterocycles. The highest BCUT2D eigenvalue weighted by molar-refractivity contribution is 6.42. The zero-order chi connectivity index (χ0) is 18.9. The maximum Gasteiger partial charge on any atom is 0.407 e. The van der Waals surface area contributed by atoms with Gasteiger partial charge in [-0.25, -0.2) is 4.79 Å². The first-order valence-electron chi connectivity index (χ1n) is 8.53. The largest absolute Gasteiger partial charge is 0.444 e. The van der Waals surface area contributed by atoms with Gasteiger partial charge >= 0.3 is 6.09 Å². The van der Waals surface area contributed by atoms with E-state index >= 15 is 0 Å². The lowest BCUT2D eigenvalue weighted by molar-refractivity contribution is 0.0505. The molecule has 0 fully saturated rings. The molecule has 1 atom stereocenters. The molecule has 4 nitrogen and oxygen atoms in total. The van der Waals surface area contributed by atoms with E-state index in [-0.39, 0.29) is 6.04 Å². The van der Waals surface area contributed by atoms with E-state index in [1.54, 1.807) is 6.07 Å². The number of carbonyl (C=O) groups is 1. The van der Waals surface area contributed by atoms with Crippen molar-refractivity contribution in [2.45, 2.75) is 38.8 Å². The minimum atomic E-state index is -0.528. The summed E-state index contributed by atoms with van der Waals surface area (Å²) in [6.07, 6.45) is 0.337. The van der Waals surface area contributed by atoms with Crippen LogP contribution in [-0.2, 0) is 11.2 Å². The van der Waals surface area contributed by atoms with Gasteiger partial charge in [0.05, 0.1) is 16.1 Å². The summed E-state index contributed by atoms with van der Waals surface area (Å²) in [4.78, 5) is 14.3. The van der Waals surface area contributed by atoms with Crippen molar-refractivity contribution in [2.24, 2.45) is 0 Å². The number of rotatable bonds is 2. The molecule has 2 aromatic carbocycles. The number of benzene rings is 2. The summed E-state index contributed by atoms with van der Waals surface area (Å²) < 4.78 is 5.40. The monoisotopic (exact) mass is 392 g/mol. The molecular weight excluding hydrogens is 371 g/mol. The van der Waals surface area contributed by atoms with Crippen molar-refractivity contribution >= 4 is 40.7 Å². The van der Waals surface area contributed by atoms with Crippen molar-refractivity contribution in [1.29, 1.82) is 0 Å². The predicted octanol–water partition coefficient (Wildman–Crippen LogP) is 5.58. The summed E-state index contributed by atoms with van der Waals surface area (Å²) in [6.45, 7) is 6.18. The van der Waals surface area contributed by atoms with Gasteiger partial charge in [0.25, 0.3) is 0 Å². The van der Waals surface area contributed by atoms with Crippen LogP contribution in [0.2, 0.25) is 10.0 Å². The summed E-state index contributed by atoms with van der Waals surface area (Å²) in [6, 6.07) is 13.6. The van der Waals surface area contributed by atoms with Crippen LogP contribution in [0.4, 0.5) is 16.2 Å². The molecule has 0 saturated heterocycles. The minimum Gasteiger partial charge on any atom is -0.444 e. The highest BCUT2D eigenvalue weighted by atomic mass is 35.5. The van der Waals surface area contributed by atoms with Gasteiger partial charge in [0.15, 0.2) is 0 Å². The van der Waals surface area contributed by atoms with Gasteiger partial charge in [-0.05, 0) is 57.0 Å². The lowest BCUT2D eigenvalue weighted by atomic mass is 9.97. The molecule has 26 heavy (non-hydrogen) atoms. The molecule has 6 heteroatoms. The number of carbonyl (C=O) groups excluding carboxylic acids is 1. The molecule has 3 rings (SSSR count). The quantitative estimate of drug-likeness (QED) is 0.724. The van der Waals surface area contributed by atoms with Crippen molar-refractivity contribution in [1.82, 2.24) is 5.32 Å². The Hall–Kier alpha value is -1.91. The zero-order valence-electron chi connectivity index (χ0n) is 15.1. The van der Waals surface area contributed by atoms with Crippen molar-refractivity contribution in [2.75, 3.05) is 11.4 Å². The third-order valence-electron chi connectivity index (χ3n) is 4.09. The van der Waals surface area contributed by atoms with Gasteiger partial charge < -0.3 is 15.0 Å². The Morgan fingerprint density at radius 1 is 1.15 bits per heavy atom. The highest BCUT2D eigenvalue weighted by Crippen LogP contribution is 2.36. The van der Waals surface area contributed by atoms with Gasteiger partial charge in [0, 0.05) is 17.9 Å². The number of hydrogen-bond acceptors (Lipinski definition) is 3. The normalized spacial score (nSPS) is 16.8. The third kappa shape index (κ3) is 4.43. The molecule has 2 aromatic rings. The van der Waals surface area contributed by atoms with Crippen LogP contribution in [0.15, 0.2) is 42.5 Å². The summed E-state index contributed by atoms with van der Waals surface area (Å²) >= 11 is 12.3. The molecule has 1 amide bonds. The number of fused-ring (bicyclic) bond motifs is 1. The Morgan fingerprint density at radius 2 is 1.88 bits per heavy atom. The fraction of sp³-hybridized carbons (Fsp3) is 0.350. The van der Waals surface area contributed by atoms with E-state index in [2.05, 4.69) is 22.3 Å². The second-order valence-corrected chi connectivity index (χ2v) is 8.20. The van der Waals surface area contributed by atoms with Crippen LogP contribution in [0.5, 0.6) is 0 Å². The lowest BCUT2D eigenvalue weighted by Gasteiger charge is -2.36. The zero-order valence-corrected chi connectivity index (χ0v) is 16.6. The Morgan fingerprint density at radius 3 is 2.58 bits per heavy atom. The summed E-state index contributed by atoms with van der Waals surface area (Å²) in [5.41, 5.74) is 2.67. The topological polar surface area (TPSA) is 41.6 Å². The van der Waals surface area contributed by atoms with Gasteiger partial charge in [-0.3, -0.25) is 0 Å². The van der Waals surface area contributed by atoms with E-state index in [4.69, 9.17) is 27.9 Å². The molecule has 0 spiro atoms. The van der Waals surface area contributed by atoms with E-state index in [1.807, 2.05) is 45.0 Å². The van der Waals surface area contributed by atoms with Crippen LogP contribution in [0.1, 0.15) is 26.3 Å². The molecule has 0 aliphatic carbocycles. The van der Waals surface area contributed by atoms with Crippen molar-refractivity contribution in [3.05, 3.63) is 58.1 Å². The fourth-order valence-electron chi connectivity index (χ4n) is 3.06. The summed E-state index contributed by atoms with van der Waals surface area (Å²) in [5, 5.41) is 4.00. The average Bonchev–Trinajstić information content (AvgIpc) is 2.55. The number of halogens is 2. The maximum absolute atomic E-state index is 12.2. The van der Waals surface area contributed by atoms with Crippen molar-refractivity contribution in [3.8, 4) is 0 Å². The number of hydrogen-bond donors (Lipinski definition) is 1. The van der Waals surface area contributed by atoms with Crippen LogP contribution in [0.3, 0.4) is 0 Å². The number of nitrogens with one attached hydrogen (secondary N) is 1. The molecule has 1 N–H and O–H groups in total. The van der Waals surface area contributed by atoms with E-state index < -0.39 is 11.7 Å². The van der Waals surface area contributed by atoms with Crippen LogP contribution >= 0.6 is 23.2 Å². The molecule has 0 saturated carbocycles. The Kier molecular flexibility index (Phi) is 5.35. The van der Waals surface area contributed by atoms with Crippen molar-refractivity contribution in [3.63, 3.8) is 0 Å². The molecule has 0 aromatic heterocycles. The van der Waals surface area contributed by atoms with E-state index in [0.29, 0.717) is 16.6 Å². The van der Waals surface area contributed by atoms with Crippen LogP contribution in [0, 0.1) is 0 Å². The number of alkyl carbamates (subject to hydrolysis) is 1. The number of para-hydroxylation sites is 1. The van der Waals surface area contributed by atoms with Gasteiger partial charge in [-0.15, -0.1) is 0 Å². The van der Waals surface area contributed by atoms with Gasteiger partial charge in [-0.2, -0.15) is 0 Å². The van der Waals surface area contributed by atoms with Crippen LogP contribution < -0.4 is 10.2 Å². The summed E-state index contributed by atoms with van der Waals surface area (Å²) in [7, 11) is 0. The molecule has 0 radical (unpaired) electrons. The number of amides is 1. The molecular formula is C20H22Cl2N2O2. The van der Waals surface area contributed by atoms with E-state index in [9.17, 15) is 4.79 Å². The van der Waals surface area contributed by atoms with E-state index in [0.717, 1.165) is 23.4 Å². The Bertz CT molecular complexity index is 818. The smallest absolute Gasteiger partial charge is 0.407 e. The maximum atomic E-state index is 12.2. The second-order valence-electron chi connectivity index (χ2n) is 7.39. The standard InChI is InChI=1S/C20H22Cl2N2O2/c1-20(2,3)26-19(25)23-14-10-13-6-4-5-7-18(13)24(12-14)15-8-9-16(21)17(22)11-15/h4-9,11,14H,10,12H2,1-3H3,(H,23,25)/t14-/m1/s1. The first kappa shape index (κ1) is 18.9. The first-order chi connectivity index (χ1) is 12.2. The highest BCUT2D eigenvalue weighted by Gasteiger charge is 2.28. The lowest BCUT2D eigenvalue weighted by Crippen LogP contribution is -2.48. The van der Waals surface area contributed by atoms with Gasteiger partial charge in [-0.1, -0.05) is 41.4 Å². The van der Waals surface area contributed by atoms with Crippen LogP contribution in [-0.4, -0.2) is 24.3 Å². The molecule has 1 heterocycles. The first-order valence-corrected chi connectivity index (χ1v) is 9.28. The molecule has 0 unspecified atom stereocenters. The average molecular weight is 393 g/mol. The second kappa shape index (κ2) is 7.37. The van der Waals surface area contributed by atoms with Crippen molar-refractivity contribution < 1.29 is 9.53 Å². The van der Waals surface area contributed by atoms with Gasteiger partial charge in [0.1, 0.15) is 5.60 Å². The molecule has 0 bridgehead atoms. The SMILES string of the molecule is CC(C)(C)OC(=O)N[C@@H]1Cc2ccccc2N(c2ccc(Cl)c(Cl)c2)C1. The minimum absolute atomic E-state index is 0.0748. The third-order valence-corrected chi connectivity index (χ3v) is 4.83. The Labute approximate surface area is 164 Å². The molecule has 1 aliphatic rings. The van der Waals surface area contributed by atoms with Gasteiger partial charge in [0.2, 0.25) is 0 Å². The van der Waals surface area contributed by atoms with Crippen LogP contribution in [0.25, 0.3) is 0 Å². The fourth-order valence-corrected chi connectivity index (χ4v) is 3.36. The summed E-state index contributed by atoms with van der Waals surface area (Å²) in [5.74, 6) is 0.